The molecule has 0 aliphatic heterocycles. The first-order valence-corrected chi connectivity index (χ1v) is 19.8. The smallest absolute Gasteiger partial charge is 0.387 e. The summed E-state index contributed by atoms with van der Waals surface area (Å²) in [5, 5.41) is 13.3. The van der Waals surface area contributed by atoms with Gasteiger partial charge in [-0.05, 0) is 44.9 Å². The van der Waals surface area contributed by atoms with E-state index in [1.807, 2.05) is 6.08 Å². The Bertz CT molecular complexity index is 738. The Hall–Kier alpha value is -0.980. The third-order valence-electron chi connectivity index (χ3n) is 8.15. The first-order chi connectivity index (χ1) is 21.3. The summed E-state index contributed by atoms with van der Waals surface area (Å²) in [6.45, 7) is 4.04. The lowest BCUT2D eigenvalue weighted by molar-refractivity contribution is -0.123. The zero-order valence-corrected chi connectivity index (χ0v) is 29.5. The van der Waals surface area contributed by atoms with Gasteiger partial charge in [0.25, 0.3) is 0 Å². The maximum Gasteiger partial charge on any atom is 0.469 e. The molecule has 0 aromatic carbocycles. The molecule has 0 unspecified atom stereocenters. The van der Waals surface area contributed by atoms with Gasteiger partial charge in [-0.3, -0.25) is 9.32 Å². The fraction of sp³-hybridized carbons (Fsp3) is 0.861. The number of rotatable bonds is 33. The molecule has 0 heterocycles. The number of carbonyl (C=O) groups excluding carboxylic acids is 1. The highest BCUT2D eigenvalue weighted by molar-refractivity contribution is 7.46. The average Bonchev–Trinajstić information content (AvgIpc) is 2.99. The predicted molar refractivity (Wildman–Crippen MR) is 186 cm³/mol. The molecule has 44 heavy (non-hydrogen) atoms. The van der Waals surface area contributed by atoms with Crippen molar-refractivity contribution < 1.29 is 28.8 Å². The van der Waals surface area contributed by atoms with Gasteiger partial charge in [-0.25, -0.2) is 4.57 Å². The minimum absolute atomic E-state index is 0.236. The van der Waals surface area contributed by atoms with Crippen molar-refractivity contribution in [3.05, 3.63) is 24.3 Å². The summed E-state index contributed by atoms with van der Waals surface area (Å²) in [6, 6.07) is -0.910. The van der Waals surface area contributed by atoms with Crippen LogP contribution in [0.1, 0.15) is 181 Å². The molecule has 260 valence electrons. The van der Waals surface area contributed by atoms with Gasteiger partial charge in [0, 0.05) is 6.42 Å². The average molecular weight is 644 g/mol. The SMILES string of the molecule is CCCCCCCCC=CCCCCCCCC(=O)N[C@@H](COP(=O)(O)O)[C@H](O)/C=C/CCCCCCCCCCCCC. The molecule has 0 saturated heterocycles. The van der Waals surface area contributed by atoms with Crippen LogP contribution in [0.3, 0.4) is 0 Å². The fourth-order valence-corrected chi connectivity index (χ4v) is 5.69. The quantitative estimate of drug-likeness (QED) is 0.0321. The van der Waals surface area contributed by atoms with Crippen molar-refractivity contribution in [3.8, 4) is 0 Å². The molecule has 0 spiro atoms. The number of aliphatic hydroxyl groups excluding tert-OH is 1. The summed E-state index contributed by atoms with van der Waals surface area (Å²) in [5.74, 6) is -0.236. The highest BCUT2D eigenvalue weighted by atomic mass is 31.2. The number of nitrogens with one attached hydrogen (secondary N) is 1. The van der Waals surface area contributed by atoms with Gasteiger partial charge in [-0.15, -0.1) is 0 Å². The maximum absolute atomic E-state index is 12.5. The van der Waals surface area contributed by atoms with Crippen LogP contribution in [0.4, 0.5) is 0 Å². The second-order valence-corrected chi connectivity index (χ2v) is 13.8. The van der Waals surface area contributed by atoms with Crippen LogP contribution >= 0.6 is 7.82 Å². The summed E-state index contributed by atoms with van der Waals surface area (Å²) in [7, 11) is -4.71. The molecule has 0 aromatic heterocycles. The summed E-state index contributed by atoms with van der Waals surface area (Å²) in [5.41, 5.74) is 0. The summed E-state index contributed by atoms with van der Waals surface area (Å²) < 4.78 is 15.8. The molecule has 8 heteroatoms. The van der Waals surface area contributed by atoms with Crippen molar-refractivity contribution >= 4 is 13.7 Å². The predicted octanol–water partition coefficient (Wildman–Crippen LogP) is 10.2. The first kappa shape index (κ1) is 43.0. The zero-order chi connectivity index (χ0) is 32.6. The third-order valence-corrected chi connectivity index (χ3v) is 8.64. The van der Waals surface area contributed by atoms with Crippen LogP contribution in [0.25, 0.3) is 0 Å². The zero-order valence-electron chi connectivity index (χ0n) is 28.6. The fourth-order valence-electron chi connectivity index (χ4n) is 5.33. The summed E-state index contributed by atoms with van der Waals surface area (Å²) in [6.07, 6.45) is 37.6. The molecule has 0 aromatic rings. The van der Waals surface area contributed by atoms with Gasteiger partial charge in [0.15, 0.2) is 0 Å². The Balaban J connectivity index is 4.07. The van der Waals surface area contributed by atoms with Crippen LogP contribution in [-0.2, 0) is 13.9 Å². The van der Waals surface area contributed by atoms with E-state index >= 15 is 0 Å². The summed E-state index contributed by atoms with van der Waals surface area (Å²) in [4.78, 5) is 30.7. The molecule has 0 radical (unpaired) electrons. The van der Waals surface area contributed by atoms with E-state index in [0.717, 1.165) is 51.4 Å². The van der Waals surface area contributed by atoms with Crippen molar-refractivity contribution in [3.63, 3.8) is 0 Å². The van der Waals surface area contributed by atoms with E-state index in [4.69, 9.17) is 9.79 Å². The van der Waals surface area contributed by atoms with Crippen molar-refractivity contribution in [2.45, 2.75) is 193 Å². The number of allylic oxidation sites excluding steroid dienone is 3. The van der Waals surface area contributed by atoms with Crippen molar-refractivity contribution in [2.24, 2.45) is 0 Å². The minimum Gasteiger partial charge on any atom is -0.387 e. The van der Waals surface area contributed by atoms with E-state index in [9.17, 15) is 14.5 Å². The van der Waals surface area contributed by atoms with Crippen LogP contribution < -0.4 is 5.32 Å². The molecule has 0 aliphatic rings. The minimum atomic E-state index is -4.71. The highest BCUT2D eigenvalue weighted by Crippen LogP contribution is 2.35. The molecular formula is C36H70NO6P. The lowest BCUT2D eigenvalue weighted by Crippen LogP contribution is -2.45. The van der Waals surface area contributed by atoms with E-state index < -0.39 is 26.6 Å². The van der Waals surface area contributed by atoms with Crippen molar-refractivity contribution in [1.82, 2.24) is 5.32 Å². The number of unbranched alkanes of at least 4 members (excludes halogenated alkanes) is 22. The van der Waals surface area contributed by atoms with E-state index in [1.54, 1.807) is 6.08 Å². The van der Waals surface area contributed by atoms with Crippen LogP contribution in [0.2, 0.25) is 0 Å². The van der Waals surface area contributed by atoms with Crippen molar-refractivity contribution in [2.75, 3.05) is 6.61 Å². The standard InChI is InChI=1S/C36H70NO6P/c1-3-5-7-9-11-13-15-17-18-20-22-24-26-28-30-32-36(39)37-34(33-43-44(40,41)42)35(38)31-29-27-25-23-21-19-16-14-12-10-8-6-4-2/h17-18,29,31,34-35,38H,3-16,19-28,30,32-33H2,1-2H3,(H,37,39)(H2,40,41,42)/b18-17?,31-29+/t34-,35+/m0/s1. The molecular weight excluding hydrogens is 573 g/mol. The number of phosphoric ester groups is 1. The van der Waals surface area contributed by atoms with Gasteiger partial charge in [-0.1, -0.05) is 154 Å². The molecule has 0 saturated carbocycles. The number of phosphoric acid groups is 1. The van der Waals surface area contributed by atoms with E-state index in [0.29, 0.717) is 6.42 Å². The topological polar surface area (TPSA) is 116 Å². The first-order valence-electron chi connectivity index (χ1n) is 18.3. The van der Waals surface area contributed by atoms with Gasteiger partial charge in [0.1, 0.15) is 0 Å². The van der Waals surface area contributed by atoms with Crippen LogP contribution in [-0.4, -0.2) is 39.6 Å². The van der Waals surface area contributed by atoms with E-state index in [1.165, 1.54) is 109 Å². The molecule has 0 fully saturated rings. The lowest BCUT2D eigenvalue weighted by Gasteiger charge is -2.22. The maximum atomic E-state index is 12.5. The Morgan fingerprint density at radius 3 is 1.45 bits per heavy atom. The lowest BCUT2D eigenvalue weighted by atomic mass is 10.0. The molecule has 0 bridgehead atoms. The third kappa shape index (κ3) is 32.4. The number of hydrogen-bond acceptors (Lipinski definition) is 4. The summed E-state index contributed by atoms with van der Waals surface area (Å²) >= 11 is 0. The van der Waals surface area contributed by atoms with Gasteiger partial charge < -0.3 is 20.2 Å². The molecule has 2 atom stereocenters. The second-order valence-electron chi connectivity index (χ2n) is 12.5. The Morgan fingerprint density at radius 2 is 1.02 bits per heavy atom. The largest absolute Gasteiger partial charge is 0.469 e. The Morgan fingerprint density at radius 1 is 0.636 bits per heavy atom. The van der Waals surface area contributed by atoms with E-state index in [2.05, 4.69) is 35.8 Å². The second kappa shape index (κ2) is 32.0. The number of carbonyl (C=O) groups is 1. The van der Waals surface area contributed by atoms with Crippen LogP contribution in [0, 0.1) is 0 Å². The Labute approximate surface area is 271 Å². The highest BCUT2D eigenvalue weighted by Gasteiger charge is 2.24. The van der Waals surface area contributed by atoms with Gasteiger partial charge in [0.2, 0.25) is 5.91 Å². The Kier molecular flexibility index (Phi) is 31.3. The van der Waals surface area contributed by atoms with Gasteiger partial charge in [0.05, 0.1) is 18.8 Å². The normalized spacial score (nSPS) is 13.7. The van der Waals surface area contributed by atoms with Crippen LogP contribution in [0.15, 0.2) is 24.3 Å². The number of amides is 1. The molecule has 7 nitrogen and oxygen atoms in total. The number of hydrogen-bond donors (Lipinski definition) is 4. The van der Waals surface area contributed by atoms with Gasteiger partial charge >= 0.3 is 7.82 Å². The van der Waals surface area contributed by atoms with Gasteiger partial charge in [-0.2, -0.15) is 0 Å². The molecule has 0 rings (SSSR count). The molecule has 4 N–H and O–H groups in total. The molecule has 1 amide bonds. The van der Waals surface area contributed by atoms with Crippen molar-refractivity contribution in [1.29, 1.82) is 0 Å². The van der Waals surface area contributed by atoms with E-state index in [-0.39, 0.29) is 5.91 Å². The van der Waals surface area contributed by atoms with Crippen LogP contribution in [0.5, 0.6) is 0 Å². The monoisotopic (exact) mass is 643 g/mol. The number of aliphatic hydroxyl groups is 1. The molecule has 0 aliphatic carbocycles.